The van der Waals surface area contributed by atoms with Gasteiger partial charge < -0.3 is 29.6 Å². The monoisotopic (exact) mass is 502 g/mol. The Labute approximate surface area is 217 Å². The average Bonchev–Trinajstić information content (AvgIpc) is 3.37. The van der Waals surface area contributed by atoms with Crippen molar-refractivity contribution in [3.05, 3.63) is 59.0 Å². The number of methoxy groups -OCH3 is 1. The molecule has 0 atom stereocenters. The van der Waals surface area contributed by atoms with E-state index in [0.29, 0.717) is 17.0 Å². The van der Waals surface area contributed by atoms with Crippen molar-refractivity contribution in [1.29, 1.82) is 0 Å². The van der Waals surface area contributed by atoms with Crippen molar-refractivity contribution in [3.8, 4) is 11.5 Å². The number of hydrogen-bond acceptors (Lipinski definition) is 5. The van der Waals surface area contributed by atoms with Crippen molar-refractivity contribution >= 4 is 34.5 Å². The molecule has 1 fully saturated rings. The third kappa shape index (κ3) is 5.06. The van der Waals surface area contributed by atoms with Crippen molar-refractivity contribution < 1.29 is 19.1 Å². The van der Waals surface area contributed by atoms with E-state index in [0.717, 1.165) is 47.4 Å². The Morgan fingerprint density at radius 1 is 1.11 bits per heavy atom. The van der Waals surface area contributed by atoms with Gasteiger partial charge in [-0.25, -0.2) is 4.79 Å². The molecule has 2 amide bonds. The Bertz CT molecular complexity index is 1370. The van der Waals surface area contributed by atoms with Crippen molar-refractivity contribution in [1.82, 2.24) is 14.8 Å². The molecule has 0 saturated carbocycles. The summed E-state index contributed by atoms with van der Waals surface area (Å²) in [5, 5.41) is 6.23. The topological polar surface area (TPSA) is 84.8 Å². The number of aromatic nitrogens is 1. The number of urea groups is 1. The number of benzene rings is 2. The first-order valence-corrected chi connectivity index (χ1v) is 12.9. The zero-order valence-electron chi connectivity index (χ0n) is 21.7. The first kappa shape index (κ1) is 24.9. The van der Waals surface area contributed by atoms with E-state index < -0.39 is 0 Å². The van der Waals surface area contributed by atoms with Crippen LogP contribution in [0.25, 0.3) is 17.0 Å². The molecular weight excluding hydrogens is 468 g/mol. The number of ketones is 1. The lowest BCUT2D eigenvalue weighted by Crippen LogP contribution is -2.31. The molecule has 2 aliphatic rings. The summed E-state index contributed by atoms with van der Waals surface area (Å²) in [5.74, 6) is 1.32. The van der Waals surface area contributed by atoms with E-state index in [2.05, 4.69) is 33.1 Å². The van der Waals surface area contributed by atoms with Crippen LogP contribution in [0.2, 0.25) is 0 Å². The molecule has 3 aromatic rings. The number of hydrogen-bond donors (Lipinski definition) is 2. The van der Waals surface area contributed by atoms with Gasteiger partial charge in [-0.1, -0.05) is 6.42 Å². The fourth-order valence-electron chi connectivity index (χ4n) is 5.31. The number of likely N-dealkylation sites (tertiary alicyclic amines) is 1. The van der Waals surface area contributed by atoms with Gasteiger partial charge in [0.1, 0.15) is 11.5 Å². The maximum atomic E-state index is 13.3. The number of rotatable bonds is 7. The molecule has 2 N–H and O–H groups in total. The van der Waals surface area contributed by atoms with Crippen LogP contribution in [0.1, 0.15) is 47.3 Å². The number of piperidine rings is 1. The summed E-state index contributed by atoms with van der Waals surface area (Å²) >= 11 is 0. The number of anilines is 1. The fourth-order valence-corrected chi connectivity index (χ4v) is 5.31. The maximum Gasteiger partial charge on any atom is 0.318 e. The van der Waals surface area contributed by atoms with Gasteiger partial charge in [-0.15, -0.1) is 0 Å². The van der Waals surface area contributed by atoms with Crippen molar-refractivity contribution in [3.63, 3.8) is 0 Å². The second-order valence-corrected chi connectivity index (χ2v) is 9.64. The Hall–Kier alpha value is -3.78. The number of aryl methyl sites for hydroxylation is 1. The lowest BCUT2D eigenvalue weighted by molar-refractivity contribution is 0.101. The van der Waals surface area contributed by atoms with E-state index in [4.69, 9.17) is 9.47 Å². The number of nitrogens with zero attached hydrogens (tertiary/aromatic N) is 2. The summed E-state index contributed by atoms with van der Waals surface area (Å²) in [6, 6.07) is 10.8. The summed E-state index contributed by atoms with van der Waals surface area (Å²) in [5.41, 5.74) is 4.11. The fraction of sp³-hybridized carbons (Fsp3) is 0.379. The first-order valence-electron chi connectivity index (χ1n) is 12.9. The Morgan fingerprint density at radius 2 is 1.92 bits per heavy atom. The second-order valence-electron chi connectivity index (χ2n) is 9.64. The molecular formula is C29H34N4O4. The molecule has 1 saturated heterocycles. The van der Waals surface area contributed by atoms with Crippen LogP contribution in [-0.2, 0) is 6.54 Å². The van der Waals surface area contributed by atoms with Crippen LogP contribution in [0.5, 0.6) is 11.5 Å². The van der Waals surface area contributed by atoms with E-state index >= 15 is 0 Å². The van der Waals surface area contributed by atoms with Gasteiger partial charge in [-0.3, -0.25) is 4.79 Å². The minimum absolute atomic E-state index is 0.205. The summed E-state index contributed by atoms with van der Waals surface area (Å²) in [6.45, 7) is 6.48. The van der Waals surface area contributed by atoms with Crippen LogP contribution >= 0.6 is 0 Å². The minimum atomic E-state index is -0.347. The molecule has 194 valence electrons. The minimum Gasteiger partial charge on any atom is -0.497 e. The normalized spacial score (nSPS) is 16.6. The molecule has 0 unspecified atom stereocenters. The quantitative estimate of drug-likeness (QED) is 0.434. The van der Waals surface area contributed by atoms with Crippen LogP contribution in [0, 0.1) is 6.92 Å². The van der Waals surface area contributed by atoms with Crippen LogP contribution < -0.4 is 20.1 Å². The van der Waals surface area contributed by atoms with Gasteiger partial charge in [-0.2, -0.15) is 0 Å². The highest BCUT2D eigenvalue weighted by Gasteiger charge is 2.29. The lowest BCUT2D eigenvalue weighted by atomic mass is 10.1. The van der Waals surface area contributed by atoms with E-state index in [1.54, 1.807) is 32.4 Å². The molecule has 0 aliphatic carbocycles. The second kappa shape index (κ2) is 10.7. The highest BCUT2D eigenvalue weighted by Crippen LogP contribution is 2.37. The molecule has 8 heteroatoms. The van der Waals surface area contributed by atoms with E-state index in [-0.39, 0.29) is 17.6 Å². The molecule has 8 nitrogen and oxygen atoms in total. The molecule has 2 aromatic carbocycles. The van der Waals surface area contributed by atoms with Gasteiger partial charge in [-0.05, 0) is 88.3 Å². The number of amides is 2. The summed E-state index contributed by atoms with van der Waals surface area (Å²) in [7, 11) is 3.20. The van der Waals surface area contributed by atoms with Gasteiger partial charge in [0, 0.05) is 41.4 Å². The Morgan fingerprint density at radius 3 is 2.68 bits per heavy atom. The maximum absolute atomic E-state index is 13.3. The number of Topliss-reactive ketones (excluding diaryl/α,β-unsaturated/α-hetero) is 1. The van der Waals surface area contributed by atoms with Crippen molar-refractivity contribution in [2.45, 2.75) is 39.2 Å². The molecule has 0 radical (unpaired) electrons. The van der Waals surface area contributed by atoms with Gasteiger partial charge in [0.25, 0.3) is 0 Å². The van der Waals surface area contributed by atoms with Gasteiger partial charge >= 0.3 is 6.03 Å². The Balaban J connectivity index is 1.45. The Kier molecular flexibility index (Phi) is 7.19. The number of ether oxygens (including phenoxy) is 2. The lowest BCUT2D eigenvalue weighted by Gasteiger charge is -2.26. The SMILES string of the molecule is CNC(=O)Nc1ccc2c(c1)C(=O)C(=Cc1c(C)n(CCCN3CCCCC3)c3ccc(OC)cc13)O2. The number of carbonyl (C=O) groups excluding carboxylic acids is 2. The molecule has 2 aliphatic heterocycles. The largest absolute Gasteiger partial charge is 0.497 e. The molecule has 0 bridgehead atoms. The van der Waals surface area contributed by atoms with Crippen LogP contribution in [0.4, 0.5) is 10.5 Å². The zero-order valence-corrected chi connectivity index (χ0v) is 21.7. The third-order valence-electron chi connectivity index (χ3n) is 7.31. The predicted octanol–water partition coefficient (Wildman–Crippen LogP) is 5.20. The molecule has 1 aromatic heterocycles. The van der Waals surface area contributed by atoms with E-state index in [1.807, 2.05) is 18.2 Å². The molecule has 5 rings (SSSR count). The number of fused-ring (bicyclic) bond motifs is 2. The summed E-state index contributed by atoms with van der Waals surface area (Å²) in [4.78, 5) is 27.5. The average molecular weight is 503 g/mol. The first-order chi connectivity index (χ1) is 18.0. The molecule has 37 heavy (non-hydrogen) atoms. The van der Waals surface area contributed by atoms with Crippen LogP contribution in [0.15, 0.2) is 42.2 Å². The van der Waals surface area contributed by atoms with Gasteiger partial charge in [0.15, 0.2) is 5.76 Å². The zero-order chi connectivity index (χ0) is 25.9. The van der Waals surface area contributed by atoms with E-state index in [9.17, 15) is 9.59 Å². The van der Waals surface area contributed by atoms with Crippen molar-refractivity contribution in [2.75, 3.05) is 39.1 Å². The predicted molar refractivity (Wildman–Crippen MR) is 146 cm³/mol. The highest BCUT2D eigenvalue weighted by molar-refractivity contribution is 6.16. The summed E-state index contributed by atoms with van der Waals surface area (Å²) in [6.07, 6.45) is 6.83. The molecule has 0 spiro atoms. The molecule has 3 heterocycles. The van der Waals surface area contributed by atoms with Crippen molar-refractivity contribution in [2.24, 2.45) is 0 Å². The standard InChI is InChI=1S/C29H34N4O4/c1-19-22(18-27-28(34)24-16-20(31-29(35)30-2)8-11-26(24)37-27)23-17-21(36-3)9-10-25(23)33(19)15-7-14-32-12-5-4-6-13-32/h8-11,16-18H,4-7,12-15H2,1-3H3,(H2,30,31,35). The van der Waals surface area contributed by atoms with Gasteiger partial charge in [0.2, 0.25) is 5.78 Å². The number of nitrogens with one attached hydrogen (secondary N) is 2. The third-order valence-corrected chi connectivity index (χ3v) is 7.31. The smallest absolute Gasteiger partial charge is 0.318 e. The van der Waals surface area contributed by atoms with Gasteiger partial charge in [0.05, 0.1) is 12.7 Å². The van der Waals surface area contributed by atoms with Crippen LogP contribution in [-0.4, -0.2) is 55.1 Å². The number of carbonyl (C=O) groups is 2. The summed E-state index contributed by atoms with van der Waals surface area (Å²) < 4.78 is 13.8. The number of allylic oxidation sites excluding steroid dienone is 1. The van der Waals surface area contributed by atoms with E-state index in [1.165, 1.54) is 32.4 Å². The van der Waals surface area contributed by atoms with Crippen LogP contribution in [0.3, 0.4) is 0 Å². The highest BCUT2D eigenvalue weighted by atomic mass is 16.5.